The number of likely N-dealkylation sites (tertiary alicyclic amines) is 1. The zero-order chi connectivity index (χ0) is 17.0. The molecule has 1 aromatic rings. The van der Waals surface area contributed by atoms with Crippen molar-refractivity contribution in [2.75, 3.05) is 11.9 Å². The van der Waals surface area contributed by atoms with Gasteiger partial charge in [0.1, 0.15) is 11.4 Å². The molecule has 2 atom stereocenters. The van der Waals surface area contributed by atoms with Crippen LogP contribution >= 0.6 is 0 Å². The molecular weight excluding hydrogens is 290 g/mol. The Morgan fingerprint density at radius 3 is 2.91 bits per heavy atom. The molecule has 0 aliphatic carbocycles. The van der Waals surface area contributed by atoms with Crippen molar-refractivity contribution < 1.29 is 9.53 Å². The van der Waals surface area contributed by atoms with Gasteiger partial charge in [-0.15, -0.1) is 0 Å². The molecule has 5 heteroatoms. The van der Waals surface area contributed by atoms with E-state index in [1.165, 1.54) is 0 Å². The van der Waals surface area contributed by atoms with Crippen LogP contribution in [0.3, 0.4) is 0 Å². The van der Waals surface area contributed by atoms with Gasteiger partial charge in [-0.2, -0.15) is 0 Å². The molecule has 1 N–H and O–H groups in total. The van der Waals surface area contributed by atoms with Crippen molar-refractivity contribution in [2.45, 2.75) is 71.6 Å². The lowest BCUT2D eigenvalue weighted by Gasteiger charge is -2.29. The molecule has 1 aromatic heterocycles. The van der Waals surface area contributed by atoms with E-state index in [1.807, 2.05) is 31.7 Å². The molecule has 0 saturated carbocycles. The second kappa shape index (κ2) is 7.20. The number of anilines is 1. The van der Waals surface area contributed by atoms with E-state index in [0.29, 0.717) is 6.04 Å². The van der Waals surface area contributed by atoms with E-state index >= 15 is 0 Å². The molecule has 1 fully saturated rings. The van der Waals surface area contributed by atoms with Gasteiger partial charge in [-0.05, 0) is 53.0 Å². The summed E-state index contributed by atoms with van der Waals surface area (Å²) in [6.07, 6.45) is 4.51. The van der Waals surface area contributed by atoms with Crippen LogP contribution in [-0.2, 0) is 4.74 Å². The maximum Gasteiger partial charge on any atom is 0.410 e. The number of nitrogens with zero attached hydrogens (tertiary/aromatic N) is 2. The summed E-state index contributed by atoms with van der Waals surface area (Å²) < 4.78 is 5.56. The van der Waals surface area contributed by atoms with Crippen molar-refractivity contribution in [1.29, 1.82) is 0 Å². The predicted octanol–water partition coefficient (Wildman–Crippen LogP) is 4.36. The number of rotatable bonds is 4. The van der Waals surface area contributed by atoms with Crippen LogP contribution < -0.4 is 5.32 Å². The standard InChI is InChI=1S/C18H29N3O2/c1-6-13(2)20-16-14(9-7-11-19-16)15-10-8-12-21(15)17(22)23-18(3,4)5/h7,9,11,13,15H,6,8,10,12H2,1-5H3,(H,19,20)/t13-,15-/m0/s1. The fourth-order valence-electron chi connectivity index (χ4n) is 2.77. The summed E-state index contributed by atoms with van der Waals surface area (Å²) >= 11 is 0. The molecule has 1 aliphatic heterocycles. The van der Waals surface area contributed by atoms with Crippen LogP contribution in [0.2, 0.25) is 0 Å². The fourth-order valence-corrected chi connectivity index (χ4v) is 2.77. The number of carbonyl (C=O) groups excluding carboxylic acids is 1. The topological polar surface area (TPSA) is 54.5 Å². The Hall–Kier alpha value is -1.78. The average Bonchev–Trinajstić information content (AvgIpc) is 2.95. The molecule has 0 spiro atoms. The molecule has 1 amide bonds. The highest BCUT2D eigenvalue weighted by molar-refractivity contribution is 5.70. The maximum atomic E-state index is 12.5. The summed E-state index contributed by atoms with van der Waals surface area (Å²) in [5.74, 6) is 0.877. The van der Waals surface area contributed by atoms with E-state index in [0.717, 1.165) is 37.2 Å². The quantitative estimate of drug-likeness (QED) is 0.895. The van der Waals surface area contributed by atoms with E-state index in [9.17, 15) is 4.79 Å². The molecular formula is C18H29N3O2. The van der Waals surface area contributed by atoms with Crippen molar-refractivity contribution in [3.8, 4) is 0 Å². The SMILES string of the molecule is CC[C@H](C)Nc1ncccc1[C@@H]1CCCN1C(=O)OC(C)(C)C. The van der Waals surface area contributed by atoms with Crippen LogP contribution in [0.5, 0.6) is 0 Å². The minimum atomic E-state index is -0.475. The average molecular weight is 319 g/mol. The van der Waals surface area contributed by atoms with Crippen LogP contribution in [0.15, 0.2) is 18.3 Å². The lowest BCUT2D eigenvalue weighted by Crippen LogP contribution is -2.36. The van der Waals surface area contributed by atoms with Gasteiger partial charge in [-0.1, -0.05) is 13.0 Å². The third kappa shape index (κ3) is 4.60. The minimum Gasteiger partial charge on any atom is -0.444 e. The minimum absolute atomic E-state index is 0.0325. The van der Waals surface area contributed by atoms with E-state index < -0.39 is 5.60 Å². The Morgan fingerprint density at radius 2 is 2.26 bits per heavy atom. The number of carbonyl (C=O) groups is 1. The summed E-state index contributed by atoms with van der Waals surface area (Å²) in [5, 5.41) is 3.45. The third-order valence-corrected chi connectivity index (χ3v) is 4.07. The monoisotopic (exact) mass is 319 g/mol. The molecule has 1 saturated heterocycles. The highest BCUT2D eigenvalue weighted by Crippen LogP contribution is 2.36. The molecule has 0 unspecified atom stereocenters. The smallest absolute Gasteiger partial charge is 0.410 e. The highest BCUT2D eigenvalue weighted by Gasteiger charge is 2.34. The van der Waals surface area contributed by atoms with Crippen molar-refractivity contribution in [3.05, 3.63) is 23.9 Å². The lowest BCUT2D eigenvalue weighted by atomic mass is 10.0. The largest absolute Gasteiger partial charge is 0.444 e. The second-order valence-electron chi connectivity index (χ2n) is 7.23. The maximum absolute atomic E-state index is 12.5. The number of nitrogens with one attached hydrogen (secondary N) is 1. The Bertz CT molecular complexity index is 539. The van der Waals surface area contributed by atoms with Crippen LogP contribution in [0, 0.1) is 0 Å². The first-order valence-corrected chi connectivity index (χ1v) is 8.53. The van der Waals surface area contributed by atoms with Gasteiger partial charge in [-0.25, -0.2) is 9.78 Å². The lowest BCUT2D eigenvalue weighted by molar-refractivity contribution is 0.0225. The molecule has 128 valence electrons. The number of amides is 1. The van der Waals surface area contributed by atoms with Crippen LogP contribution in [0.1, 0.15) is 65.5 Å². The zero-order valence-corrected chi connectivity index (χ0v) is 14.9. The van der Waals surface area contributed by atoms with E-state index in [2.05, 4.69) is 30.2 Å². The van der Waals surface area contributed by atoms with Crippen molar-refractivity contribution in [1.82, 2.24) is 9.88 Å². The Balaban J connectivity index is 2.21. The summed E-state index contributed by atoms with van der Waals surface area (Å²) in [5.41, 5.74) is 0.605. The van der Waals surface area contributed by atoms with Gasteiger partial charge >= 0.3 is 6.09 Å². The Morgan fingerprint density at radius 1 is 1.52 bits per heavy atom. The second-order valence-corrected chi connectivity index (χ2v) is 7.23. The van der Waals surface area contributed by atoms with Gasteiger partial charge in [-0.3, -0.25) is 0 Å². The zero-order valence-electron chi connectivity index (χ0n) is 14.9. The first kappa shape index (κ1) is 17.6. The Labute approximate surface area is 139 Å². The summed E-state index contributed by atoms with van der Waals surface area (Å²) in [6.45, 7) is 10.7. The van der Waals surface area contributed by atoms with Gasteiger partial charge in [0.05, 0.1) is 6.04 Å². The van der Waals surface area contributed by atoms with Crippen LogP contribution in [0.4, 0.5) is 10.6 Å². The van der Waals surface area contributed by atoms with Crippen LogP contribution in [0.25, 0.3) is 0 Å². The first-order chi connectivity index (χ1) is 10.8. The fraction of sp³-hybridized carbons (Fsp3) is 0.667. The molecule has 1 aliphatic rings. The van der Waals surface area contributed by atoms with Gasteiger partial charge in [0.2, 0.25) is 0 Å². The van der Waals surface area contributed by atoms with Gasteiger partial charge in [0.25, 0.3) is 0 Å². The first-order valence-electron chi connectivity index (χ1n) is 8.53. The van der Waals surface area contributed by atoms with Gasteiger partial charge < -0.3 is 15.0 Å². The number of hydrogen-bond donors (Lipinski definition) is 1. The van der Waals surface area contributed by atoms with Crippen molar-refractivity contribution >= 4 is 11.9 Å². The summed E-state index contributed by atoms with van der Waals surface area (Å²) in [7, 11) is 0. The summed E-state index contributed by atoms with van der Waals surface area (Å²) in [6, 6.07) is 4.37. The number of aromatic nitrogens is 1. The molecule has 0 bridgehead atoms. The molecule has 5 nitrogen and oxygen atoms in total. The third-order valence-electron chi connectivity index (χ3n) is 4.07. The van der Waals surface area contributed by atoms with Gasteiger partial charge in [0.15, 0.2) is 0 Å². The summed E-state index contributed by atoms with van der Waals surface area (Å²) in [4.78, 5) is 18.8. The number of hydrogen-bond acceptors (Lipinski definition) is 4. The molecule has 0 radical (unpaired) electrons. The Kier molecular flexibility index (Phi) is 5.50. The van der Waals surface area contributed by atoms with Gasteiger partial charge in [0, 0.05) is 24.3 Å². The van der Waals surface area contributed by atoms with E-state index in [4.69, 9.17) is 4.74 Å². The van der Waals surface area contributed by atoms with Crippen molar-refractivity contribution in [2.24, 2.45) is 0 Å². The normalized spacial score (nSPS) is 19.5. The van der Waals surface area contributed by atoms with Crippen molar-refractivity contribution in [3.63, 3.8) is 0 Å². The molecule has 23 heavy (non-hydrogen) atoms. The molecule has 0 aromatic carbocycles. The predicted molar refractivity (Wildman–Crippen MR) is 92.5 cm³/mol. The molecule has 2 heterocycles. The van der Waals surface area contributed by atoms with E-state index in [-0.39, 0.29) is 12.1 Å². The van der Waals surface area contributed by atoms with Crippen LogP contribution in [-0.4, -0.2) is 34.2 Å². The number of pyridine rings is 1. The van der Waals surface area contributed by atoms with E-state index in [1.54, 1.807) is 6.20 Å². The highest BCUT2D eigenvalue weighted by atomic mass is 16.6. The number of ether oxygens (including phenoxy) is 1. The molecule has 2 rings (SSSR count).